The Hall–Kier alpha value is -3.21. The number of benzene rings is 1. The van der Waals surface area contributed by atoms with E-state index in [1.165, 1.54) is 24.5 Å². The molecule has 0 radical (unpaired) electrons. The summed E-state index contributed by atoms with van der Waals surface area (Å²) >= 11 is 0. The van der Waals surface area contributed by atoms with Crippen molar-refractivity contribution >= 4 is 28.9 Å². The predicted octanol–water partition coefficient (Wildman–Crippen LogP) is 4.09. The molecule has 0 saturated carbocycles. The molecule has 0 spiro atoms. The standard InChI is InChI=1S/C21H20N2O3/c1-2-3-13-23-14-12-22-20(23)11-10-17(24)9-8-16-15-26-19-7-5-4-6-18(19)21(16)25/h4-12,14-15H,2-3,13H2,1H3/b9-8+,11-10+. The molecule has 2 heterocycles. The SMILES string of the molecule is CCCCn1ccnc1/C=C/C(=O)/C=C/c1coc2ccccc2c1=O. The van der Waals surface area contributed by atoms with Crippen LogP contribution in [0.3, 0.4) is 0 Å². The number of nitrogens with zero attached hydrogens (tertiary/aromatic N) is 2. The lowest BCUT2D eigenvalue weighted by molar-refractivity contribution is -0.110. The number of para-hydroxylation sites is 1. The highest BCUT2D eigenvalue weighted by Crippen LogP contribution is 2.11. The molecule has 0 bridgehead atoms. The van der Waals surface area contributed by atoms with Gasteiger partial charge in [0.05, 0.1) is 10.9 Å². The minimum atomic E-state index is -0.220. The zero-order valence-corrected chi connectivity index (χ0v) is 14.6. The normalized spacial score (nSPS) is 11.7. The highest BCUT2D eigenvalue weighted by atomic mass is 16.3. The molecule has 0 unspecified atom stereocenters. The van der Waals surface area contributed by atoms with E-state index in [-0.39, 0.29) is 11.2 Å². The molecule has 5 nitrogen and oxygen atoms in total. The van der Waals surface area contributed by atoms with Crippen molar-refractivity contribution in [2.24, 2.45) is 0 Å². The van der Waals surface area contributed by atoms with Crippen LogP contribution in [0.1, 0.15) is 31.2 Å². The fourth-order valence-electron chi connectivity index (χ4n) is 2.59. The maximum Gasteiger partial charge on any atom is 0.199 e. The van der Waals surface area contributed by atoms with E-state index in [2.05, 4.69) is 11.9 Å². The van der Waals surface area contributed by atoms with Crippen molar-refractivity contribution in [3.8, 4) is 0 Å². The van der Waals surface area contributed by atoms with Gasteiger partial charge >= 0.3 is 0 Å². The zero-order chi connectivity index (χ0) is 18.4. The second-order valence-electron chi connectivity index (χ2n) is 5.92. The van der Waals surface area contributed by atoms with Gasteiger partial charge < -0.3 is 8.98 Å². The van der Waals surface area contributed by atoms with Crippen molar-refractivity contribution in [1.82, 2.24) is 9.55 Å². The van der Waals surface area contributed by atoms with E-state index in [4.69, 9.17) is 4.42 Å². The fourth-order valence-corrected chi connectivity index (χ4v) is 2.59. The molecule has 0 saturated heterocycles. The van der Waals surface area contributed by atoms with Gasteiger partial charge in [-0.3, -0.25) is 9.59 Å². The maximum absolute atomic E-state index is 12.4. The fraction of sp³-hybridized carbons (Fsp3) is 0.190. The van der Waals surface area contributed by atoms with Gasteiger partial charge in [0.1, 0.15) is 17.7 Å². The average molecular weight is 348 g/mol. The van der Waals surface area contributed by atoms with Crippen LogP contribution in [-0.2, 0) is 11.3 Å². The van der Waals surface area contributed by atoms with Gasteiger partial charge in [-0.1, -0.05) is 25.5 Å². The van der Waals surface area contributed by atoms with Gasteiger partial charge in [0.15, 0.2) is 11.2 Å². The molecule has 0 aliphatic heterocycles. The quantitative estimate of drug-likeness (QED) is 0.603. The maximum atomic E-state index is 12.4. The number of rotatable bonds is 7. The first-order valence-corrected chi connectivity index (χ1v) is 8.61. The van der Waals surface area contributed by atoms with E-state index in [9.17, 15) is 9.59 Å². The number of unbranched alkanes of at least 4 members (excludes halogenated alkanes) is 1. The number of aromatic nitrogens is 2. The molecule has 26 heavy (non-hydrogen) atoms. The number of aryl methyl sites for hydroxylation is 1. The van der Waals surface area contributed by atoms with Crippen molar-refractivity contribution in [2.45, 2.75) is 26.3 Å². The lowest BCUT2D eigenvalue weighted by Gasteiger charge is -2.02. The number of hydrogen-bond donors (Lipinski definition) is 0. The zero-order valence-electron chi connectivity index (χ0n) is 14.6. The van der Waals surface area contributed by atoms with Crippen LogP contribution in [0.5, 0.6) is 0 Å². The first-order valence-electron chi connectivity index (χ1n) is 8.61. The van der Waals surface area contributed by atoms with Crippen LogP contribution in [0.25, 0.3) is 23.1 Å². The Balaban J connectivity index is 1.73. The minimum Gasteiger partial charge on any atom is -0.463 e. The number of hydrogen-bond acceptors (Lipinski definition) is 4. The molecule has 3 aromatic rings. The highest BCUT2D eigenvalue weighted by molar-refractivity contribution is 6.04. The first-order chi connectivity index (χ1) is 12.7. The Bertz CT molecular complexity index is 1020. The van der Waals surface area contributed by atoms with Gasteiger partial charge in [0.25, 0.3) is 0 Å². The van der Waals surface area contributed by atoms with Gasteiger partial charge in [0.2, 0.25) is 0 Å². The molecule has 0 aliphatic carbocycles. The molecule has 0 atom stereocenters. The van der Waals surface area contributed by atoms with Crippen molar-refractivity contribution < 1.29 is 9.21 Å². The Morgan fingerprint density at radius 1 is 1.23 bits per heavy atom. The van der Waals surface area contributed by atoms with E-state index in [0.29, 0.717) is 16.5 Å². The van der Waals surface area contributed by atoms with Crippen LogP contribution < -0.4 is 5.43 Å². The molecule has 0 amide bonds. The van der Waals surface area contributed by atoms with Crippen LogP contribution in [0.15, 0.2) is 64.3 Å². The van der Waals surface area contributed by atoms with Crippen LogP contribution in [0.2, 0.25) is 0 Å². The topological polar surface area (TPSA) is 65.1 Å². The van der Waals surface area contributed by atoms with Crippen molar-refractivity contribution in [2.75, 3.05) is 0 Å². The van der Waals surface area contributed by atoms with Gasteiger partial charge in [-0.15, -0.1) is 0 Å². The summed E-state index contributed by atoms with van der Waals surface area (Å²) in [5, 5.41) is 0.496. The number of ketones is 1. The van der Waals surface area contributed by atoms with Crippen molar-refractivity contribution in [3.63, 3.8) is 0 Å². The third-order valence-electron chi connectivity index (χ3n) is 4.03. The second kappa shape index (κ2) is 8.25. The molecule has 0 N–H and O–H groups in total. The molecule has 1 aromatic carbocycles. The Morgan fingerprint density at radius 2 is 2.04 bits per heavy atom. The first kappa shape index (κ1) is 17.6. The molecule has 132 valence electrons. The molecule has 2 aromatic heterocycles. The third-order valence-corrected chi connectivity index (χ3v) is 4.03. The monoisotopic (exact) mass is 348 g/mol. The van der Waals surface area contributed by atoms with E-state index in [1.54, 1.807) is 36.5 Å². The second-order valence-corrected chi connectivity index (χ2v) is 5.92. The number of allylic oxidation sites excluding steroid dienone is 2. The Morgan fingerprint density at radius 3 is 2.88 bits per heavy atom. The third kappa shape index (κ3) is 4.06. The van der Waals surface area contributed by atoms with Crippen LogP contribution in [-0.4, -0.2) is 15.3 Å². The molecule has 0 fully saturated rings. The summed E-state index contributed by atoms with van der Waals surface area (Å²) in [6, 6.07) is 7.02. The van der Waals surface area contributed by atoms with E-state index in [0.717, 1.165) is 25.2 Å². The molecule has 0 aliphatic rings. The summed E-state index contributed by atoms with van der Waals surface area (Å²) in [7, 11) is 0. The van der Waals surface area contributed by atoms with Crippen molar-refractivity contribution in [3.05, 3.63) is 76.7 Å². The molecular weight excluding hydrogens is 328 g/mol. The summed E-state index contributed by atoms with van der Waals surface area (Å²) in [6.07, 6.45) is 13.1. The summed E-state index contributed by atoms with van der Waals surface area (Å²) in [6.45, 7) is 3.00. The number of fused-ring (bicyclic) bond motifs is 1. The largest absolute Gasteiger partial charge is 0.463 e. The summed E-state index contributed by atoms with van der Waals surface area (Å²) in [5.74, 6) is 0.521. The Labute approximate surface area is 151 Å². The lowest BCUT2D eigenvalue weighted by atomic mass is 10.1. The number of carbonyl (C=O) groups is 1. The Kier molecular flexibility index (Phi) is 5.59. The minimum absolute atomic E-state index is 0.157. The number of imidazole rings is 1. The van der Waals surface area contributed by atoms with Crippen LogP contribution in [0.4, 0.5) is 0 Å². The predicted molar refractivity (Wildman–Crippen MR) is 103 cm³/mol. The summed E-state index contributed by atoms with van der Waals surface area (Å²) < 4.78 is 7.44. The van der Waals surface area contributed by atoms with Gasteiger partial charge in [-0.25, -0.2) is 4.98 Å². The van der Waals surface area contributed by atoms with E-state index >= 15 is 0 Å². The lowest BCUT2D eigenvalue weighted by Crippen LogP contribution is -2.04. The average Bonchev–Trinajstić information content (AvgIpc) is 3.11. The molecule has 5 heteroatoms. The molecule has 3 rings (SSSR count). The summed E-state index contributed by atoms with van der Waals surface area (Å²) in [5.41, 5.74) is 0.713. The highest BCUT2D eigenvalue weighted by Gasteiger charge is 2.04. The van der Waals surface area contributed by atoms with E-state index < -0.39 is 0 Å². The van der Waals surface area contributed by atoms with Crippen LogP contribution >= 0.6 is 0 Å². The molecular formula is C21H20N2O3. The van der Waals surface area contributed by atoms with Crippen molar-refractivity contribution in [1.29, 1.82) is 0 Å². The van der Waals surface area contributed by atoms with E-state index in [1.807, 2.05) is 10.8 Å². The van der Waals surface area contributed by atoms with Gasteiger partial charge in [-0.05, 0) is 42.9 Å². The van der Waals surface area contributed by atoms with Gasteiger partial charge in [0, 0.05) is 18.9 Å². The summed E-state index contributed by atoms with van der Waals surface area (Å²) in [4.78, 5) is 28.7. The van der Waals surface area contributed by atoms with Crippen LogP contribution in [0, 0.1) is 0 Å². The number of carbonyl (C=O) groups excluding carboxylic acids is 1. The van der Waals surface area contributed by atoms with Gasteiger partial charge in [-0.2, -0.15) is 0 Å². The smallest absolute Gasteiger partial charge is 0.199 e.